The van der Waals surface area contributed by atoms with E-state index in [1.165, 1.54) is 5.56 Å². The number of thiophene rings is 1. The second kappa shape index (κ2) is 6.72. The predicted octanol–water partition coefficient (Wildman–Crippen LogP) is 4.24. The van der Waals surface area contributed by atoms with E-state index >= 15 is 0 Å². The topological polar surface area (TPSA) is 40.5 Å². The maximum Gasteiger partial charge on any atom is 0.328 e. The summed E-state index contributed by atoms with van der Waals surface area (Å²) in [4.78, 5) is 12.8. The summed E-state index contributed by atoms with van der Waals surface area (Å²) in [5, 5.41) is 12.9. The highest BCUT2D eigenvalue weighted by Gasteiger charge is 2.08. The van der Waals surface area contributed by atoms with Crippen LogP contribution in [0.2, 0.25) is 0 Å². The van der Waals surface area contributed by atoms with E-state index in [2.05, 4.69) is 37.7 Å². The second-order valence-electron chi connectivity index (χ2n) is 4.36. The van der Waals surface area contributed by atoms with Gasteiger partial charge in [0.15, 0.2) is 0 Å². The molecular weight excluding hydrogens is 338 g/mol. The van der Waals surface area contributed by atoms with E-state index < -0.39 is 5.97 Å². The van der Waals surface area contributed by atoms with Crippen molar-refractivity contribution in [2.24, 2.45) is 0 Å². The van der Waals surface area contributed by atoms with Crippen LogP contribution in [-0.2, 0) is 11.3 Å². The molecule has 1 N–H and O–H groups in total. The van der Waals surface area contributed by atoms with Crippen LogP contribution in [0.3, 0.4) is 0 Å². The lowest BCUT2D eigenvalue weighted by Gasteiger charge is -2.21. The molecule has 0 radical (unpaired) electrons. The number of anilines is 1. The van der Waals surface area contributed by atoms with Crippen LogP contribution in [0.25, 0.3) is 6.08 Å². The van der Waals surface area contributed by atoms with Crippen LogP contribution >= 0.6 is 27.3 Å². The largest absolute Gasteiger partial charge is 0.478 e. The first-order valence-corrected chi connectivity index (χ1v) is 7.72. The van der Waals surface area contributed by atoms with Crippen LogP contribution in [0.15, 0.2) is 45.6 Å². The van der Waals surface area contributed by atoms with Crippen molar-refractivity contribution in [3.8, 4) is 0 Å². The number of nitrogens with zero attached hydrogens (tertiary/aromatic N) is 1. The summed E-state index contributed by atoms with van der Waals surface area (Å²) in [5.41, 5.74) is 3.11. The molecule has 0 saturated heterocycles. The smallest absolute Gasteiger partial charge is 0.328 e. The van der Waals surface area contributed by atoms with Gasteiger partial charge in [-0.15, -0.1) is 0 Å². The monoisotopic (exact) mass is 351 g/mol. The molecule has 0 bridgehead atoms. The zero-order valence-electron chi connectivity index (χ0n) is 10.9. The summed E-state index contributed by atoms with van der Waals surface area (Å²) in [6.45, 7) is 0.786. The van der Waals surface area contributed by atoms with Gasteiger partial charge in [-0.2, -0.15) is 11.3 Å². The van der Waals surface area contributed by atoms with Crippen LogP contribution in [0.1, 0.15) is 11.1 Å². The molecule has 0 atom stereocenters. The minimum Gasteiger partial charge on any atom is -0.478 e. The van der Waals surface area contributed by atoms with Gasteiger partial charge in [0.1, 0.15) is 0 Å². The fourth-order valence-electron chi connectivity index (χ4n) is 1.89. The Morgan fingerprint density at radius 3 is 2.90 bits per heavy atom. The molecule has 0 spiro atoms. The van der Waals surface area contributed by atoms with E-state index in [-0.39, 0.29) is 0 Å². The molecule has 0 saturated carbocycles. The van der Waals surface area contributed by atoms with Crippen molar-refractivity contribution in [2.45, 2.75) is 6.54 Å². The van der Waals surface area contributed by atoms with Gasteiger partial charge >= 0.3 is 5.97 Å². The first-order chi connectivity index (χ1) is 9.56. The number of halogens is 1. The van der Waals surface area contributed by atoms with Crippen molar-refractivity contribution >= 4 is 45.0 Å². The van der Waals surface area contributed by atoms with Gasteiger partial charge in [0, 0.05) is 29.8 Å². The standard InChI is InChI=1S/C15H14BrNO2S/c1-17(9-11-6-7-20-10-11)14-8-13(16)4-2-12(14)3-5-15(18)19/h2-8,10H,9H2,1H3,(H,18,19)/b5-3+. The lowest BCUT2D eigenvalue weighted by molar-refractivity contribution is -0.131. The van der Waals surface area contributed by atoms with E-state index in [1.54, 1.807) is 17.4 Å². The summed E-state index contributed by atoms with van der Waals surface area (Å²) in [5.74, 6) is -0.945. The number of benzene rings is 1. The first kappa shape index (κ1) is 14.8. The number of rotatable bonds is 5. The van der Waals surface area contributed by atoms with E-state index in [9.17, 15) is 4.79 Å². The lowest BCUT2D eigenvalue weighted by Crippen LogP contribution is -2.17. The first-order valence-electron chi connectivity index (χ1n) is 5.99. The summed E-state index contributed by atoms with van der Waals surface area (Å²) < 4.78 is 0.970. The molecule has 0 aliphatic rings. The van der Waals surface area contributed by atoms with Gasteiger partial charge < -0.3 is 10.0 Å². The predicted molar refractivity (Wildman–Crippen MR) is 87.2 cm³/mol. The third-order valence-electron chi connectivity index (χ3n) is 2.81. The van der Waals surface area contributed by atoms with Crippen molar-refractivity contribution in [2.75, 3.05) is 11.9 Å². The quantitative estimate of drug-likeness (QED) is 0.818. The van der Waals surface area contributed by atoms with Crippen molar-refractivity contribution in [1.29, 1.82) is 0 Å². The third kappa shape index (κ3) is 3.95. The van der Waals surface area contributed by atoms with Gasteiger partial charge in [0.2, 0.25) is 0 Å². The molecule has 0 fully saturated rings. The Morgan fingerprint density at radius 2 is 2.25 bits per heavy atom. The van der Waals surface area contributed by atoms with Crippen molar-refractivity contribution < 1.29 is 9.90 Å². The van der Waals surface area contributed by atoms with Gasteiger partial charge in [-0.25, -0.2) is 4.79 Å². The highest BCUT2D eigenvalue weighted by molar-refractivity contribution is 9.10. The van der Waals surface area contributed by atoms with Crippen LogP contribution < -0.4 is 4.90 Å². The van der Waals surface area contributed by atoms with Crippen molar-refractivity contribution in [1.82, 2.24) is 0 Å². The Bertz CT molecular complexity index is 623. The number of aliphatic carboxylic acids is 1. The minimum absolute atomic E-state index is 0.786. The number of carbonyl (C=O) groups is 1. The number of carboxylic acid groups (broad SMARTS) is 1. The van der Waals surface area contributed by atoms with E-state index in [4.69, 9.17) is 5.11 Å². The highest BCUT2D eigenvalue weighted by Crippen LogP contribution is 2.27. The van der Waals surface area contributed by atoms with Crippen LogP contribution in [0, 0.1) is 0 Å². The van der Waals surface area contributed by atoms with Gasteiger partial charge in [-0.1, -0.05) is 22.0 Å². The lowest BCUT2D eigenvalue weighted by atomic mass is 10.1. The molecular formula is C15H14BrNO2S. The second-order valence-corrected chi connectivity index (χ2v) is 6.06. The highest BCUT2D eigenvalue weighted by atomic mass is 79.9. The fraction of sp³-hybridized carbons (Fsp3) is 0.133. The summed E-state index contributed by atoms with van der Waals surface area (Å²) in [6.07, 6.45) is 2.78. The fourth-order valence-corrected chi connectivity index (χ4v) is 2.90. The van der Waals surface area contributed by atoms with Crippen LogP contribution in [0.5, 0.6) is 0 Å². The Kier molecular flexibility index (Phi) is 4.98. The molecule has 0 amide bonds. The number of carboxylic acids is 1. The third-order valence-corrected chi connectivity index (χ3v) is 4.03. The van der Waals surface area contributed by atoms with Crippen molar-refractivity contribution in [3.63, 3.8) is 0 Å². The summed E-state index contributed by atoms with van der Waals surface area (Å²) in [7, 11) is 2.00. The Balaban J connectivity index is 2.28. The summed E-state index contributed by atoms with van der Waals surface area (Å²) in [6, 6.07) is 7.90. The maximum absolute atomic E-state index is 10.7. The van der Waals surface area contributed by atoms with Gasteiger partial charge in [0.25, 0.3) is 0 Å². The minimum atomic E-state index is -0.945. The zero-order valence-corrected chi connectivity index (χ0v) is 13.3. The molecule has 1 heterocycles. The Hall–Kier alpha value is -1.59. The van der Waals surface area contributed by atoms with Crippen molar-refractivity contribution in [3.05, 3.63) is 56.7 Å². The number of hydrogen-bond donors (Lipinski definition) is 1. The van der Waals surface area contributed by atoms with Crippen LogP contribution in [-0.4, -0.2) is 18.1 Å². The molecule has 20 heavy (non-hydrogen) atoms. The number of hydrogen-bond acceptors (Lipinski definition) is 3. The zero-order chi connectivity index (χ0) is 14.5. The summed E-state index contributed by atoms with van der Waals surface area (Å²) >= 11 is 5.13. The average molecular weight is 352 g/mol. The van der Waals surface area contributed by atoms with E-state index in [0.29, 0.717) is 0 Å². The molecule has 104 valence electrons. The van der Waals surface area contributed by atoms with Crippen LogP contribution in [0.4, 0.5) is 5.69 Å². The van der Waals surface area contributed by atoms with Gasteiger partial charge in [-0.05, 0) is 46.2 Å². The Labute approximate surface area is 130 Å². The molecule has 3 nitrogen and oxygen atoms in total. The van der Waals surface area contributed by atoms with Gasteiger partial charge in [-0.3, -0.25) is 0 Å². The molecule has 0 aliphatic carbocycles. The molecule has 1 aromatic heterocycles. The van der Waals surface area contributed by atoms with Gasteiger partial charge in [0.05, 0.1) is 0 Å². The molecule has 5 heteroatoms. The molecule has 0 unspecified atom stereocenters. The van der Waals surface area contributed by atoms with E-state index in [1.807, 2.05) is 25.2 Å². The normalized spacial score (nSPS) is 10.9. The molecule has 2 rings (SSSR count). The van der Waals surface area contributed by atoms with E-state index in [0.717, 1.165) is 28.3 Å². The Morgan fingerprint density at radius 1 is 1.45 bits per heavy atom. The maximum atomic E-state index is 10.7. The average Bonchev–Trinajstić information content (AvgIpc) is 2.89. The SMILES string of the molecule is CN(Cc1ccsc1)c1cc(Br)ccc1/C=C/C(=O)O. The molecule has 2 aromatic rings. The molecule has 0 aliphatic heterocycles. The molecule has 1 aromatic carbocycles.